The maximum atomic E-state index is 13.6. The highest BCUT2D eigenvalue weighted by Gasteiger charge is 2.47. The molecule has 0 saturated carbocycles. The van der Waals surface area contributed by atoms with Gasteiger partial charge in [0.05, 0.1) is 27.7 Å². The summed E-state index contributed by atoms with van der Waals surface area (Å²) in [5.74, 6) is -0.529. The van der Waals surface area contributed by atoms with Crippen molar-refractivity contribution in [2.24, 2.45) is 5.41 Å². The molecule has 51 heavy (non-hydrogen) atoms. The zero-order chi connectivity index (χ0) is 37.1. The highest BCUT2D eigenvalue weighted by Crippen LogP contribution is 2.63. The van der Waals surface area contributed by atoms with Crippen LogP contribution in [0.2, 0.25) is 0 Å². The molecule has 0 aliphatic heterocycles. The molecule has 1 spiro atoms. The van der Waals surface area contributed by atoms with E-state index in [4.69, 9.17) is 0 Å². The van der Waals surface area contributed by atoms with Gasteiger partial charge in [-0.3, -0.25) is 4.79 Å². The van der Waals surface area contributed by atoms with E-state index >= 15 is 0 Å². The molecule has 0 radical (unpaired) electrons. The molecule has 4 aromatic rings. The Hall–Kier alpha value is -5.33. The monoisotopic (exact) mass is 720 g/mol. The summed E-state index contributed by atoms with van der Waals surface area (Å²) in [7, 11) is 0. The second-order valence-electron chi connectivity index (χ2n) is 11.7. The van der Waals surface area contributed by atoms with E-state index in [9.17, 15) is 57.5 Å². The number of alkyl halides is 12. The van der Waals surface area contributed by atoms with Gasteiger partial charge in [0, 0.05) is 0 Å². The summed E-state index contributed by atoms with van der Waals surface area (Å²) in [4.78, 5) is 12.5. The molecular formula is C38H20F12O. The van der Waals surface area contributed by atoms with Crippen LogP contribution >= 0.6 is 0 Å². The van der Waals surface area contributed by atoms with E-state index < -0.39 is 58.2 Å². The van der Waals surface area contributed by atoms with E-state index in [-0.39, 0.29) is 44.5 Å². The molecule has 13 heteroatoms. The fraction of sp³-hybridized carbons (Fsp3) is 0.132. The zero-order valence-electron chi connectivity index (χ0n) is 25.5. The molecule has 0 heterocycles. The van der Waals surface area contributed by atoms with Crippen LogP contribution in [0.1, 0.15) is 44.5 Å². The van der Waals surface area contributed by atoms with E-state index in [0.29, 0.717) is 0 Å². The van der Waals surface area contributed by atoms with Gasteiger partial charge in [-0.05, 0) is 105 Å². The van der Waals surface area contributed by atoms with Crippen LogP contribution < -0.4 is 0 Å². The molecule has 0 unspecified atom stereocenters. The van der Waals surface area contributed by atoms with Gasteiger partial charge in [-0.25, -0.2) is 0 Å². The molecule has 6 rings (SSSR count). The fourth-order valence-corrected chi connectivity index (χ4v) is 6.31. The Balaban J connectivity index is 1.76. The molecule has 0 bridgehead atoms. The Morgan fingerprint density at radius 3 is 0.824 bits per heavy atom. The maximum absolute atomic E-state index is 13.6. The van der Waals surface area contributed by atoms with Gasteiger partial charge in [0.1, 0.15) is 0 Å². The first-order valence-electron chi connectivity index (χ1n) is 14.8. The second-order valence-corrected chi connectivity index (χ2v) is 11.7. The topological polar surface area (TPSA) is 17.1 Å². The van der Waals surface area contributed by atoms with Crippen molar-refractivity contribution < 1.29 is 57.5 Å². The third-order valence-corrected chi connectivity index (χ3v) is 8.60. The highest BCUT2D eigenvalue weighted by molar-refractivity contribution is 6.31. The van der Waals surface area contributed by atoms with Crippen molar-refractivity contribution in [2.75, 3.05) is 0 Å². The lowest BCUT2D eigenvalue weighted by Gasteiger charge is -2.33. The lowest BCUT2D eigenvalue weighted by molar-refractivity contribution is -0.138. The Morgan fingerprint density at radius 1 is 0.353 bits per heavy atom. The van der Waals surface area contributed by atoms with Crippen LogP contribution in [0.4, 0.5) is 52.7 Å². The number of carbonyl (C=O) groups is 1. The molecule has 4 aromatic carbocycles. The second kappa shape index (κ2) is 12.2. The zero-order valence-corrected chi connectivity index (χ0v) is 25.5. The van der Waals surface area contributed by atoms with Crippen molar-refractivity contribution in [1.82, 2.24) is 0 Å². The number of halogens is 12. The van der Waals surface area contributed by atoms with Crippen LogP contribution in [0.5, 0.6) is 0 Å². The van der Waals surface area contributed by atoms with Crippen LogP contribution in [0.3, 0.4) is 0 Å². The number of rotatable bonds is 4. The summed E-state index contributed by atoms with van der Waals surface area (Å²) in [6.45, 7) is 0. The van der Waals surface area contributed by atoms with E-state index in [1.165, 1.54) is 12.2 Å². The van der Waals surface area contributed by atoms with Gasteiger partial charge in [0.25, 0.3) is 0 Å². The van der Waals surface area contributed by atoms with Crippen molar-refractivity contribution in [3.63, 3.8) is 0 Å². The minimum absolute atomic E-state index is 0.0489. The average Bonchev–Trinajstić information content (AvgIpc) is 3.35. The fourth-order valence-electron chi connectivity index (χ4n) is 6.31. The molecule has 2 aliphatic carbocycles. The first-order chi connectivity index (χ1) is 23.7. The summed E-state index contributed by atoms with van der Waals surface area (Å²) >= 11 is 0. The summed E-state index contributed by atoms with van der Waals surface area (Å²) in [5.41, 5.74) is -5.28. The normalized spacial score (nSPS) is 16.5. The van der Waals surface area contributed by atoms with Crippen LogP contribution in [0.15, 0.2) is 121 Å². The summed E-state index contributed by atoms with van der Waals surface area (Å²) in [6.07, 6.45) is -14.1. The van der Waals surface area contributed by atoms with Crippen LogP contribution in [-0.4, -0.2) is 5.78 Å². The standard InChI is InChI=1S/C38H20F12O/c39-35(40,41)25-9-1-21(2-10-25)30-31(22-3-11-26(12-4-22)36(42,43)44)33(24-7-15-28(16-8-24)38(48,49)50)34(19-17-29(51)18-20-34)32(30)23-5-13-27(14-6-23)37(45,46)47/h1-20H. The maximum Gasteiger partial charge on any atom is 0.416 e. The van der Waals surface area contributed by atoms with Gasteiger partial charge in [0.2, 0.25) is 0 Å². The van der Waals surface area contributed by atoms with Crippen molar-refractivity contribution in [3.05, 3.63) is 166 Å². The third kappa shape index (κ3) is 6.64. The SMILES string of the molecule is O=C1C=CC2(C=C1)C(c1ccc(C(F)(F)F)cc1)=C(c1ccc(C(F)(F)F)cc1)C(c1ccc(C(F)(F)F)cc1)=C2c1ccc(C(F)(F)F)cc1. The van der Waals surface area contributed by atoms with Crippen LogP contribution in [0, 0.1) is 5.41 Å². The number of allylic oxidation sites excluding steroid dienone is 8. The Labute approximate surface area is 281 Å². The molecule has 0 atom stereocenters. The smallest absolute Gasteiger partial charge is 0.290 e. The molecule has 0 fully saturated rings. The van der Waals surface area contributed by atoms with Gasteiger partial charge in [-0.2, -0.15) is 52.7 Å². The Kier molecular flexibility index (Phi) is 8.47. The Bertz CT molecular complexity index is 1950. The summed E-state index contributed by atoms with van der Waals surface area (Å²) < 4.78 is 164. The van der Waals surface area contributed by atoms with Gasteiger partial charge in [-0.15, -0.1) is 0 Å². The van der Waals surface area contributed by atoms with Crippen molar-refractivity contribution in [2.45, 2.75) is 24.7 Å². The summed E-state index contributed by atoms with van der Waals surface area (Å²) in [5, 5.41) is 0. The van der Waals surface area contributed by atoms with Gasteiger partial charge >= 0.3 is 24.7 Å². The molecule has 262 valence electrons. The van der Waals surface area contributed by atoms with Crippen LogP contribution in [0.25, 0.3) is 22.3 Å². The van der Waals surface area contributed by atoms with E-state index in [2.05, 4.69) is 0 Å². The number of hydrogen-bond acceptors (Lipinski definition) is 1. The van der Waals surface area contributed by atoms with Gasteiger partial charge in [-0.1, -0.05) is 60.7 Å². The first-order valence-corrected chi connectivity index (χ1v) is 14.8. The molecule has 2 aliphatic rings. The largest absolute Gasteiger partial charge is 0.416 e. The van der Waals surface area contributed by atoms with Crippen molar-refractivity contribution >= 4 is 28.1 Å². The number of ketones is 1. The number of hydrogen-bond donors (Lipinski definition) is 0. The molecular weight excluding hydrogens is 700 g/mol. The third-order valence-electron chi connectivity index (χ3n) is 8.60. The lowest BCUT2D eigenvalue weighted by atomic mass is 9.69. The molecule has 0 N–H and O–H groups in total. The quantitative estimate of drug-likeness (QED) is 0.192. The van der Waals surface area contributed by atoms with E-state index in [1.807, 2.05) is 0 Å². The lowest BCUT2D eigenvalue weighted by Crippen LogP contribution is -2.21. The van der Waals surface area contributed by atoms with Crippen molar-refractivity contribution in [1.29, 1.82) is 0 Å². The Morgan fingerprint density at radius 2 is 0.588 bits per heavy atom. The number of benzene rings is 4. The van der Waals surface area contributed by atoms with Crippen molar-refractivity contribution in [3.8, 4) is 0 Å². The van der Waals surface area contributed by atoms with E-state index in [0.717, 1.165) is 109 Å². The molecule has 1 nitrogen and oxygen atoms in total. The average molecular weight is 721 g/mol. The predicted octanol–water partition coefficient (Wildman–Crippen LogP) is 12.0. The van der Waals surface area contributed by atoms with E-state index in [1.54, 1.807) is 0 Å². The molecule has 0 saturated heterocycles. The minimum atomic E-state index is -4.77. The first kappa shape index (κ1) is 35.5. The summed E-state index contributed by atoms with van der Waals surface area (Å²) in [6, 6.07) is 14.7. The number of carbonyl (C=O) groups excluding carboxylic acids is 1. The molecule has 0 aromatic heterocycles. The van der Waals surface area contributed by atoms with Gasteiger partial charge in [0.15, 0.2) is 5.78 Å². The minimum Gasteiger partial charge on any atom is -0.290 e. The molecule has 0 amide bonds. The van der Waals surface area contributed by atoms with Crippen LogP contribution in [-0.2, 0) is 29.5 Å². The van der Waals surface area contributed by atoms with Gasteiger partial charge < -0.3 is 0 Å². The highest BCUT2D eigenvalue weighted by atomic mass is 19.4. The predicted molar refractivity (Wildman–Crippen MR) is 165 cm³/mol.